The molecule has 0 saturated carbocycles. The first-order chi connectivity index (χ1) is 13.7. The lowest BCUT2D eigenvalue weighted by Gasteiger charge is -2.32. The van der Waals surface area contributed by atoms with E-state index in [9.17, 15) is 8.42 Å². The highest BCUT2D eigenvalue weighted by atomic mass is 32.2. The van der Waals surface area contributed by atoms with Crippen LogP contribution in [0.15, 0.2) is 75.5 Å². The normalized spacial score (nSPS) is 17.4. The van der Waals surface area contributed by atoms with Gasteiger partial charge in [-0.05, 0) is 48.4 Å². The van der Waals surface area contributed by atoms with Gasteiger partial charge in [-0.25, -0.2) is 0 Å². The minimum absolute atomic E-state index is 0.195. The van der Waals surface area contributed by atoms with Crippen LogP contribution in [0.1, 0.15) is 44.7 Å². The number of hydrogen-bond acceptors (Lipinski definition) is 3. The fourth-order valence-electron chi connectivity index (χ4n) is 3.45. The number of hydrogen-bond donors (Lipinski definition) is 0. The predicted molar refractivity (Wildman–Crippen MR) is 118 cm³/mol. The van der Waals surface area contributed by atoms with Gasteiger partial charge in [0.15, 0.2) is 0 Å². The van der Waals surface area contributed by atoms with Gasteiger partial charge in [0.25, 0.3) is 10.0 Å². The van der Waals surface area contributed by atoms with Crippen LogP contribution in [-0.4, -0.2) is 20.2 Å². The van der Waals surface area contributed by atoms with Crippen molar-refractivity contribution in [3.63, 3.8) is 0 Å². The van der Waals surface area contributed by atoms with Gasteiger partial charge in [-0.1, -0.05) is 74.9 Å². The molecule has 5 heteroatoms. The van der Waals surface area contributed by atoms with Gasteiger partial charge in [-0.3, -0.25) is 0 Å². The van der Waals surface area contributed by atoms with E-state index >= 15 is 0 Å². The van der Waals surface area contributed by atoms with E-state index in [0.717, 1.165) is 23.1 Å². The van der Waals surface area contributed by atoms with Gasteiger partial charge in [0.2, 0.25) is 0 Å². The molecule has 0 aromatic heterocycles. The molecule has 0 spiro atoms. The number of nitrogens with zero attached hydrogens (tertiary/aromatic N) is 1. The van der Waals surface area contributed by atoms with Crippen LogP contribution < -0.4 is 0 Å². The minimum Gasteiger partial charge on any atom is -0.368 e. The average Bonchev–Trinajstić information content (AvgIpc) is 3.09. The van der Waals surface area contributed by atoms with Crippen molar-refractivity contribution in [1.82, 2.24) is 0 Å². The zero-order chi connectivity index (χ0) is 21.1. The van der Waals surface area contributed by atoms with Crippen LogP contribution in [0.5, 0.6) is 0 Å². The minimum atomic E-state index is -3.75. The van der Waals surface area contributed by atoms with E-state index in [1.54, 1.807) is 24.3 Å². The number of allylic oxidation sites excluding steroid dienone is 1. The van der Waals surface area contributed by atoms with E-state index < -0.39 is 10.0 Å². The summed E-state index contributed by atoms with van der Waals surface area (Å²) in [6.45, 7) is 8.71. The SMILES string of the molecule is Cc1ccc(S(=O)(=O)/N=C2/CCC=C2C(OCc2ccccc2)C(C)(C)C)cc1. The number of rotatable bonds is 6. The first kappa shape index (κ1) is 21.5. The Hall–Kier alpha value is -2.24. The highest BCUT2D eigenvalue weighted by Crippen LogP contribution is 2.34. The molecule has 3 rings (SSSR count). The Morgan fingerprint density at radius 1 is 1.03 bits per heavy atom. The Morgan fingerprint density at radius 3 is 2.31 bits per heavy atom. The molecule has 1 atom stereocenters. The summed E-state index contributed by atoms with van der Waals surface area (Å²) < 4.78 is 36.2. The third-order valence-electron chi connectivity index (χ3n) is 4.96. The fourth-order valence-corrected chi connectivity index (χ4v) is 4.52. The Kier molecular flexibility index (Phi) is 6.39. The number of benzene rings is 2. The van der Waals surface area contributed by atoms with Gasteiger partial charge in [-0.2, -0.15) is 12.8 Å². The number of sulfonamides is 1. The zero-order valence-electron chi connectivity index (χ0n) is 17.6. The molecule has 1 unspecified atom stereocenters. The van der Waals surface area contributed by atoms with Crippen molar-refractivity contribution >= 4 is 15.7 Å². The molecule has 0 bridgehead atoms. The van der Waals surface area contributed by atoms with Crippen molar-refractivity contribution in [1.29, 1.82) is 0 Å². The van der Waals surface area contributed by atoms with Gasteiger partial charge < -0.3 is 4.74 Å². The lowest BCUT2D eigenvalue weighted by Crippen LogP contribution is -2.33. The second-order valence-electron chi connectivity index (χ2n) is 8.57. The van der Waals surface area contributed by atoms with Gasteiger partial charge in [0, 0.05) is 0 Å². The Labute approximate surface area is 174 Å². The largest absolute Gasteiger partial charge is 0.368 e. The van der Waals surface area contributed by atoms with Crippen LogP contribution in [0.4, 0.5) is 0 Å². The summed E-state index contributed by atoms with van der Waals surface area (Å²) in [5, 5.41) is 0. The molecule has 1 aliphatic carbocycles. The van der Waals surface area contributed by atoms with Crippen molar-refractivity contribution in [2.75, 3.05) is 0 Å². The maximum Gasteiger partial charge on any atom is 0.282 e. The third-order valence-corrected chi connectivity index (χ3v) is 6.28. The molecule has 0 aliphatic heterocycles. The molecule has 0 fully saturated rings. The summed E-state index contributed by atoms with van der Waals surface area (Å²) in [7, 11) is -3.75. The number of aryl methyl sites for hydroxylation is 1. The Morgan fingerprint density at radius 2 is 1.69 bits per heavy atom. The van der Waals surface area contributed by atoms with Crippen molar-refractivity contribution in [3.8, 4) is 0 Å². The van der Waals surface area contributed by atoms with Crippen LogP contribution in [0.3, 0.4) is 0 Å². The fraction of sp³-hybridized carbons (Fsp3) is 0.375. The molecule has 4 nitrogen and oxygen atoms in total. The summed E-state index contributed by atoms with van der Waals surface area (Å²) in [4.78, 5) is 0.222. The topological polar surface area (TPSA) is 55.7 Å². The molecule has 1 aliphatic rings. The van der Waals surface area contributed by atoms with Gasteiger partial charge in [0.1, 0.15) is 0 Å². The van der Waals surface area contributed by atoms with Crippen molar-refractivity contribution in [2.45, 2.75) is 58.1 Å². The molecule has 0 saturated heterocycles. The van der Waals surface area contributed by atoms with Crippen LogP contribution >= 0.6 is 0 Å². The molecule has 2 aromatic carbocycles. The lowest BCUT2D eigenvalue weighted by molar-refractivity contribution is 0.000196. The monoisotopic (exact) mass is 411 g/mol. The quantitative estimate of drug-likeness (QED) is 0.633. The van der Waals surface area contributed by atoms with Gasteiger partial charge >= 0.3 is 0 Å². The van der Waals surface area contributed by atoms with E-state index in [2.05, 4.69) is 31.2 Å². The molecule has 0 amide bonds. The van der Waals surface area contributed by atoms with Crippen LogP contribution in [-0.2, 0) is 21.4 Å². The summed E-state index contributed by atoms with van der Waals surface area (Å²) in [6.07, 6.45) is 3.22. The molecule has 0 radical (unpaired) electrons. The first-order valence-corrected chi connectivity index (χ1v) is 11.4. The molecular weight excluding hydrogens is 382 g/mol. The zero-order valence-corrected chi connectivity index (χ0v) is 18.4. The van der Waals surface area contributed by atoms with E-state index in [1.807, 2.05) is 37.3 Å². The van der Waals surface area contributed by atoms with Crippen LogP contribution in [0, 0.1) is 12.3 Å². The van der Waals surface area contributed by atoms with Crippen LogP contribution in [0.2, 0.25) is 0 Å². The average molecular weight is 412 g/mol. The van der Waals surface area contributed by atoms with Crippen molar-refractivity contribution in [2.24, 2.45) is 9.81 Å². The third kappa shape index (κ3) is 5.43. The maximum atomic E-state index is 12.8. The summed E-state index contributed by atoms with van der Waals surface area (Å²) >= 11 is 0. The predicted octanol–water partition coefficient (Wildman–Crippen LogP) is 5.48. The van der Waals surface area contributed by atoms with Crippen molar-refractivity contribution < 1.29 is 13.2 Å². The van der Waals surface area contributed by atoms with Gasteiger partial charge in [0.05, 0.1) is 23.3 Å². The van der Waals surface area contributed by atoms with Gasteiger partial charge in [-0.15, -0.1) is 0 Å². The highest BCUT2D eigenvalue weighted by Gasteiger charge is 2.34. The second-order valence-corrected chi connectivity index (χ2v) is 10.2. The summed E-state index contributed by atoms with van der Waals surface area (Å²) in [6, 6.07) is 16.8. The lowest BCUT2D eigenvalue weighted by atomic mass is 9.83. The Bertz CT molecular complexity index is 998. The molecule has 29 heavy (non-hydrogen) atoms. The molecule has 154 valence electrons. The second kappa shape index (κ2) is 8.64. The molecule has 0 N–H and O–H groups in total. The standard InChI is InChI=1S/C24H29NO3S/c1-18-13-15-20(16-14-18)29(26,27)25-22-12-8-11-21(22)23(24(2,3)4)28-17-19-9-6-5-7-10-19/h5-7,9-11,13-16,23H,8,12,17H2,1-4H3/b25-22-. The molecule has 0 heterocycles. The first-order valence-electron chi connectivity index (χ1n) is 9.93. The summed E-state index contributed by atoms with van der Waals surface area (Å²) in [5.74, 6) is 0. The van der Waals surface area contributed by atoms with E-state index in [1.165, 1.54) is 0 Å². The van der Waals surface area contributed by atoms with Crippen LogP contribution in [0.25, 0.3) is 0 Å². The molecular formula is C24H29NO3S. The van der Waals surface area contributed by atoms with E-state index in [0.29, 0.717) is 18.7 Å². The highest BCUT2D eigenvalue weighted by molar-refractivity contribution is 7.90. The summed E-state index contributed by atoms with van der Waals surface area (Å²) in [5.41, 5.74) is 3.41. The van der Waals surface area contributed by atoms with E-state index in [4.69, 9.17) is 4.74 Å². The Balaban J connectivity index is 1.87. The van der Waals surface area contributed by atoms with Crippen molar-refractivity contribution in [3.05, 3.63) is 77.4 Å². The smallest absolute Gasteiger partial charge is 0.282 e. The number of ether oxygens (including phenoxy) is 1. The molecule has 2 aromatic rings. The maximum absolute atomic E-state index is 12.8. The van der Waals surface area contributed by atoms with E-state index in [-0.39, 0.29) is 16.4 Å².